The van der Waals surface area contributed by atoms with Crippen LogP contribution in [0.3, 0.4) is 0 Å². The smallest absolute Gasteiger partial charge is 0.341 e. The van der Waals surface area contributed by atoms with Gasteiger partial charge in [-0.3, -0.25) is 4.79 Å². The van der Waals surface area contributed by atoms with E-state index >= 15 is 0 Å². The van der Waals surface area contributed by atoms with Crippen molar-refractivity contribution in [3.8, 4) is 0 Å². The van der Waals surface area contributed by atoms with E-state index in [1.807, 2.05) is 54.6 Å². The van der Waals surface area contributed by atoms with E-state index in [0.717, 1.165) is 57.7 Å². The number of amides is 1. The second-order valence-corrected chi connectivity index (χ2v) is 9.56. The van der Waals surface area contributed by atoms with Crippen LogP contribution in [0.4, 0.5) is 5.00 Å². The van der Waals surface area contributed by atoms with Crippen LogP contribution in [0, 0.1) is 0 Å². The second kappa shape index (κ2) is 9.88. The summed E-state index contributed by atoms with van der Waals surface area (Å²) in [5.41, 5.74) is 1.84. The Kier molecular flexibility index (Phi) is 6.51. The van der Waals surface area contributed by atoms with E-state index in [1.165, 1.54) is 11.3 Å². The van der Waals surface area contributed by atoms with Crippen molar-refractivity contribution in [2.75, 3.05) is 18.5 Å². The molecule has 1 aliphatic rings. The molecule has 0 saturated heterocycles. The van der Waals surface area contributed by atoms with Crippen LogP contribution < -0.4 is 5.32 Å². The first-order valence-electron chi connectivity index (χ1n) is 11.8. The quantitative estimate of drug-likeness (QED) is 0.270. The van der Waals surface area contributed by atoms with Gasteiger partial charge in [0, 0.05) is 4.88 Å². The Morgan fingerprint density at radius 2 is 1.49 bits per heavy atom. The van der Waals surface area contributed by atoms with Crippen LogP contribution in [0.15, 0.2) is 54.6 Å². The topological polar surface area (TPSA) is 81.7 Å². The molecule has 0 unspecified atom stereocenters. The van der Waals surface area contributed by atoms with Crippen LogP contribution in [-0.4, -0.2) is 31.1 Å². The van der Waals surface area contributed by atoms with Gasteiger partial charge in [-0.05, 0) is 65.8 Å². The van der Waals surface area contributed by atoms with Crippen LogP contribution in [0.25, 0.3) is 21.5 Å². The summed E-state index contributed by atoms with van der Waals surface area (Å²) in [6, 6.07) is 17.3. The molecular formula is C28H25NO5S. The number of hydrogen-bond acceptors (Lipinski definition) is 6. The maximum atomic E-state index is 13.2. The zero-order chi connectivity index (χ0) is 24.4. The third kappa shape index (κ3) is 4.51. The molecule has 1 aromatic heterocycles. The predicted octanol–water partition coefficient (Wildman–Crippen LogP) is 5.91. The third-order valence-corrected chi connectivity index (χ3v) is 7.42. The van der Waals surface area contributed by atoms with Gasteiger partial charge in [-0.25, -0.2) is 9.59 Å². The fourth-order valence-electron chi connectivity index (χ4n) is 4.67. The van der Waals surface area contributed by atoms with Gasteiger partial charge in [0.2, 0.25) is 0 Å². The Bertz CT molecular complexity index is 1400. The summed E-state index contributed by atoms with van der Waals surface area (Å²) in [5, 5.41) is 6.64. The Balaban J connectivity index is 1.37. The molecule has 0 radical (unpaired) electrons. The molecular weight excluding hydrogens is 462 g/mol. The fraction of sp³-hybridized carbons (Fsp3) is 0.250. The lowest BCUT2D eigenvalue weighted by Gasteiger charge is -2.13. The fourth-order valence-corrected chi connectivity index (χ4v) is 5.97. The number of fused-ring (bicyclic) bond motifs is 3. The van der Waals surface area contributed by atoms with Gasteiger partial charge in [0.15, 0.2) is 6.61 Å². The van der Waals surface area contributed by atoms with E-state index in [-0.39, 0.29) is 6.61 Å². The number of anilines is 1. The molecule has 1 heterocycles. The van der Waals surface area contributed by atoms with Gasteiger partial charge in [-0.2, -0.15) is 0 Å². The Morgan fingerprint density at radius 1 is 0.857 bits per heavy atom. The monoisotopic (exact) mass is 487 g/mol. The number of benzene rings is 3. The largest absolute Gasteiger partial charge is 0.462 e. The van der Waals surface area contributed by atoms with E-state index in [1.54, 1.807) is 6.92 Å². The van der Waals surface area contributed by atoms with E-state index in [4.69, 9.17) is 9.47 Å². The first kappa shape index (κ1) is 23.1. The number of ether oxygens (including phenoxy) is 2. The normalized spacial score (nSPS) is 12.8. The van der Waals surface area contributed by atoms with Gasteiger partial charge in [0.05, 0.1) is 17.7 Å². The zero-order valence-electron chi connectivity index (χ0n) is 19.4. The van der Waals surface area contributed by atoms with Crippen molar-refractivity contribution in [2.45, 2.75) is 32.6 Å². The molecule has 0 aliphatic heterocycles. The first-order valence-corrected chi connectivity index (χ1v) is 12.6. The van der Waals surface area contributed by atoms with Gasteiger partial charge in [-0.1, -0.05) is 48.5 Å². The van der Waals surface area contributed by atoms with Crippen molar-refractivity contribution in [1.29, 1.82) is 0 Å². The van der Waals surface area contributed by atoms with Gasteiger partial charge < -0.3 is 14.8 Å². The Labute approximate surface area is 206 Å². The van der Waals surface area contributed by atoms with Gasteiger partial charge in [0.1, 0.15) is 5.00 Å². The lowest BCUT2D eigenvalue weighted by molar-refractivity contribution is -0.119. The number of esters is 2. The number of thiophene rings is 1. The number of carbonyl (C=O) groups is 3. The van der Waals surface area contributed by atoms with Crippen LogP contribution >= 0.6 is 11.3 Å². The summed E-state index contributed by atoms with van der Waals surface area (Å²) in [4.78, 5) is 39.7. The summed E-state index contributed by atoms with van der Waals surface area (Å²) in [5.74, 6) is -1.49. The lowest BCUT2D eigenvalue weighted by atomic mass is 9.95. The SMILES string of the molecule is CCOC(=O)c1c(NC(=O)COC(=O)c2c3ccccc3cc3ccccc23)sc2c1CCCC2. The Morgan fingerprint density at radius 3 is 2.17 bits per heavy atom. The minimum atomic E-state index is -0.566. The third-order valence-electron chi connectivity index (χ3n) is 6.21. The molecule has 0 spiro atoms. The van der Waals surface area contributed by atoms with Gasteiger partial charge >= 0.3 is 11.9 Å². The molecule has 1 amide bonds. The molecule has 5 rings (SSSR count). The molecule has 0 fully saturated rings. The number of aryl methyl sites for hydroxylation is 1. The molecule has 35 heavy (non-hydrogen) atoms. The van der Waals surface area contributed by atoms with Crippen LogP contribution in [0.2, 0.25) is 0 Å². The van der Waals surface area contributed by atoms with Crippen molar-refractivity contribution in [3.63, 3.8) is 0 Å². The van der Waals surface area contributed by atoms with Crippen molar-refractivity contribution >= 4 is 55.7 Å². The highest BCUT2D eigenvalue weighted by Crippen LogP contribution is 2.38. The molecule has 3 aromatic carbocycles. The molecule has 4 aromatic rings. The number of carbonyl (C=O) groups excluding carboxylic acids is 3. The van der Waals surface area contributed by atoms with E-state index in [2.05, 4.69) is 5.32 Å². The number of rotatable bonds is 6. The van der Waals surface area contributed by atoms with Crippen LogP contribution in [-0.2, 0) is 27.1 Å². The molecule has 6 nitrogen and oxygen atoms in total. The van der Waals surface area contributed by atoms with Crippen LogP contribution in [0.1, 0.15) is 50.9 Å². The minimum absolute atomic E-state index is 0.257. The summed E-state index contributed by atoms with van der Waals surface area (Å²) >= 11 is 1.41. The maximum absolute atomic E-state index is 13.2. The molecule has 0 atom stereocenters. The highest BCUT2D eigenvalue weighted by molar-refractivity contribution is 7.17. The summed E-state index contributed by atoms with van der Waals surface area (Å²) in [6.45, 7) is 1.56. The molecule has 0 bridgehead atoms. The van der Waals surface area contributed by atoms with Crippen LogP contribution in [0.5, 0.6) is 0 Å². The minimum Gasteiger partial charge on any atom is -0.462 e. The molecule has 7 heteroatoms. The average Bonchev–Trinajstić information content (AvgIpc) is 3.23. The van der Waals surface area contributed by atoms with Gasteiger partial charge in [-0.15, -0.1) is 11.3 Å². The van der Waals surface area contributed by atoms with Crippen molar-refractivity contribution in [1.82, 2.24) is 0 Å². The average molecular weight is 488 g/mol. The van der Waals surface area contributed by atoms with E-state index in [0.29, 0.717) is 16.1 Å². The molecule has 1 N–H and O–H groups in total. The summed E-state index contributed by atoms with van der Waals surface area (Å²) in [6.07, 6.45) is 3.73. The summed E-state index contributed by atoms with van der Waals surface area (Å²) < 4.78 is 10.7. The van der Waals surface area contributed by atoms with Crippen molar-refractivity contribution < 1.29 is 23.9 Å². The second-order valence-electron chi connectivity index (χ2n) is 8.45. The van der Waals surface area contributed by atoms with E-state index < -0.39 is 24.5 Å². The first-order chi connectivity index (χ1) is 17.1. The van der Waals surface area contributed by atoms with E-state index in [9.17, 15) is 14.4 Å². The molecule has 178 valence electrons. The maximum Gasteiger partial charge on any atom is 0.341 e. The predicted molar refractivity (Wildman–Crippen MR) is 137 cm³/mol. The lowest BCUT2D eigenvalue weighted by Crippen LogP contribution is -2.22. The van der Waals surface area contributed by atoms with Crippen molar-refractivity contribution in [3.05, 3.63) is 76.2 Å². The standard InChI is InChI=1S/C28H25NO5S/c1-2-33-28(32)25-21-13-7-8-14-22(21)35-26(25)29-23(30)16-34-27(31)24-19-11-5-3-9-17(19)15-18-10-4-6-12-20(18)24/h3-6,9-12,15H,2,7-8,13-14,16H2,1H3,(H,29,30). The van der Waals surface area contributed by atoms with Crippen molar-refractivity contribution in [2.24, 2.45) is 0 Å². The van der Waals surface area contributed by atoms with Gasteiger partial charge in [0.25, 0.3) is 5.91 Å². The number of hydrogen-bond donors (Lipinski definition) is 1. The molecule has 1 aliphatic carbocycles. The Hall–Kier alpha value is -3.71. The number of nitrogens with one attached hydrogen (secondary N) is 1. The zero-order valence-corrected chi connectivity index (χ0v) is 20.2. The highest BCUT2D eigenvalue weighted by atomic mass is 32.1. The summed E-state index contributed by atoms with van der Waals surface area (Å²) in [7, 11) is 0. The molecule has 0 saturated carbocycles. The highest BCUT2D eigenvalue weighted by Gasteiger charge is 2.27.